The Morgan fingerprint density at radius 2 is 1.29 bits per heavy atom. The largest absolute Gasteiger partial charge is 0.397 e. The average Bonchev–Trinajstić information content (AvgIpc) is 3.11. The first-order valence-corrected chi connectivity index (χ1v) is 21.2. The minimum atomic E-state index is -5.11. The third kappa shape index (κ3) is 22.7. The van der Waals surface area contributed by atoms with Crippen molar-refractivity contribution in [3.05, 3.63) is 24.3 Å². The first kappa shape index (κ1) is 48.6. The van der Waals surface area contributed by atoms with Crippen molar-refractivity contribution < 1.29 is 57.0 Å². The van der Waals surface area contributed by atoms with Gasteiger partial charge in [0.2, 0.25) is 5.91 Å². The van der Waals surface area contributed by atoms with Crippen LogP contribution in [0.3, 0.4) is 0 Å². The van der Waals surface area contributed by atoms with Gasteiger partial charge in [-0.15, -0.1) is 0 Å². The number of aliphatic hydroxyl groups excluding tert-OH is 5. The molecular formula is C38H71NO12S. The molecule has 7 N–H and O–H groups in total. The second kappa shape index (κ2) is 29.8. The number of ether oxygens (including phenoxy) is 2. The van der Waals surface area contributed by atoms with E-state index >= 15 is 0 Å². The van der Waals surface area contributed by atoms with E-state index in [0.717, 1.165) is 38.5 Å². The van der Waals surface area contributed by atoms with Crippen LogP contribution in [0, 0.1) is 0 Å². The van der Waals surface area contributed by atoms with Crippen molar-refractivity contribution in [1.29, 1.82) is 0 Å². The van der Waals surface area contributed by atoms with Gasteiger partial charge in [0.1, 0.15) is 30.5 Å². The fourth-order valence-electron chi connectivity index (χ4n) is 6.12. The summed E-state index contributed by atoms with van der Waals surface area (Å²) in [6, 6.07) is -1.13. The summed E-state index contributed by atoms with van der Waals surface area (Å²) < 4.78 is 47.2. The topological polar surface area (TPSA) is 212 Å². The molecule has 1 fully saturated rings. The zero-order valence-electron chi connectivity index (χ0n) is 31.7. The van der Waals surface area contributed by atoms with E-state index in [1.54, 1.807) is 6.08 Å². The number of aliphatic hydroxyl groups is 5. The summed E-state index contributed by atoms with van der Waals surface area (Å²) >= 11 is 0. The number of carbonyl (C=O) groups excluding carboxylic acids is 1. The lowest BCUT2D eigenvalue weighted by molar-refractivity contribution is -0.298. The highest BCUT2D eigenvalue weighted by molar-refractivity contribution is 7.80. The van der Waals surface area contributed by atoms with Crippen molar-refractivity contribution in [3.63, 3.8) is 0 Å². The van der Waals surface area contributed by atoms with Crippen LogP contribution in [0.5, 0.6) is 0 Å². The second-order valence-corrected chi connectivity index (χ2v) is 15.1. The number of rotatable bonds is 32. The Balaban J connectivity index is 2.72. The molecule has 1 rings (SSSR count). The van der Waals surface area contributed by atoms with Crippen molar-refractivity contribution in [2.24, 2.45) is 0 Å². The molecule has 0 aromatic carbocycles. The van der Waals surface area contributed by atoms with Crippen LogP contribution < -0.4 is 5.32 Å². The van der Waals surface area contributed by atoms with Gasteiger partial charge >= 0.3 is 10.4 Å². The summed E-state index contributed by atoms with van der Waals surface area (Å²) in [6.07, 6.45) is 18.6. The second-order valence-electron chi connectivity index (χ2n) is 14.0. The first-order chi connectivity index (χ1) is 24.9. The van der Waals surface area contributed by atoms with Crippen LogP contribution in [0.15, 0.2) is 24.3 Å². The number of amides is 1. The molecule has 1 saturated heterocycles. The highest BCUT2D eigenvalue weighted by atomic mass is 32.3. The molecule has 0 bridgehead atoms. The Labute approximate surface area is 313 Å². The number of nitrogens with one attached hydrogen (secondary N) is 1. The molecule has 1 amide bonds. The fourth-order valence-corrected chi connectivity index (χ4v) is 6.63. The molecule has 0 aromatic heterocycles. The minimum absolute atomic E-state index is 0.239. The molecule has 1 aliphatic rings. The smallest absolute Gasteiger partial charge is 0.394 e. The summed E-state index contributed by atoms with van der Waals surface area (Å²) in [5.41, 5.74) is 0. The Hall–Kier alpha value is -1.46. The third-order valence-corrected chi connectivity index (χ3v) is 9.81. The maximum Gasteiger partial charge on any atom is 0.397 e. The average molecular weight is 766 g/mol. The lowest BCUT2D eigenvalue weighted by Gasteiger charge is -2.41. The SMILES string of the molecule is CCCCCCC/C=C/CC/C=C/C(O)C(COC1OC(CO)C(O)C(OS(=O)(=O)O)C1O)NC(=O)C(O)CCCCCCCCCCCCCC. The van der Waals surface area contributed by atoms with Gasteiger partial charge in [-0.1, -0.05) is 141 Å². The van der Waals surface area contributed by atoms with E-state index in [1.165, 1.54) is 83.1 Å². The van der Waals surface area contributed by atoms with Crippen LogP contribution >= 0.6 is 0 Å². The summed E-state index contributed by atoms with van der Waals surface area (Å²) in [5, 5.41) is 54.8. The van der Waals surface area contributed by atoms with Gasteiger partial charge in [0.15, 0.2) is 6.29 Å². The van der Waals surface area contributed by atoms with Crippen molar-refractivity contribution in [2.45, 2.75) is 198 Å². The van der Waals surface area contributed by atoms with Gasteiger partial charge in [0.05, 0.1) is 25.4 Å². The minimum Gasteiger partial charge on any atom is -0.394 e. The van der Waals surface area contributed by atoms with E-state index in [0.29, 0.717) is 12.8 Å². The van der Waals surface area contributed by atoms with Gasteiger partial charge in [-0.2, -0.15) is 8.42 Å². The van der Waals surface area contributed by atoms with E-state index in [2.05, 4.69) is 35.5 Å². The lowest BCUT2D eigenvalue weighted by atomic mass is 9.99. The molecule has 1 aliphatic heterocycles. The van der Waals surface area contributed by atoms with Crippen LogP contribution in [0.1, 0.15) is 149 Å². The standard InChI is InChI=1S/C38H71NO12S/c1-3-5-7-9-11-13-15-17-19-21-23-25-27-32(42)37(45)39-30(31(41)26-24-22-20-18-16-14-12-10-8-6-4-2)29-49-38-35(44)36(51-52(46,47)48)34(43)33(28-40)50-38/h16,18,24,26,30-36,38,40-44H,3-15,17,19-23,25,27-29H2,1-2H3,(H,39,45)(H,46,47,48)/b18-16+,26-24+. The van der Waals surface area contributed by atoms with Crippen molar-refractivity contribution in [2.75, 3.05) is 13.2 Å². The molecule has 0 aromatic rings. The van der Waals surface area contributed by atoms with E-state index in [9.17, 15) is 38.7 Å². The third-order valence-electron chi connectivity index (χ3n) is 9.34. The molecule has 52 heavy (non-hydrogen) atoms. The van der Waals surface area contributed by atoms with Gasteiger partial charge in [0, 0.05) is 0 Å². The number of hydrogen-bond donors (Lipinski definition) is 7. The number of unbranched alkanes of at least 4 members (excludes halogenated alkanes) is 17. The maximum absolute atomic E-state index is 13.0. The molecule has 13 nitrogen and oxygen atoms in total. The van der Waals surface area contributed by atoms with Gasteiger partial charge in [-0.05, 0) is 32.1 Å². The summed E-state index contributed by atoms with van der Waals surface area (Å²) in [7, 11) is -5.11. The molecule has 306 valence electrons. The van der Waals surface area contributed by atoms with Crippen LogP contribution in [0.2, 0.25) is 0 Å². The molecule has 14 heteroatoms. The Kier molecular flexibility index (Phi) is 27.9. The lowest BCUT2D eigenvalue weighted by Crippen LogP contribution is -2.61. The fraction of sp³-hybridized carbons (Fsp3) is 0.868. The number of hydrogen-bond acceptors (Lipinski definition) is 11. The summed E-state index contributed by atoms with van der Waals surface area (Å²) in [4.78, 5) is 13.0. The highest BCUT2D eigenvalue weighted by Crippen LogP contribution is 2.26. The molecule has 0 radical (unpaired) electrons. The molecule has 8 unspecified atom stereocenters. The zero-order chi connectivity index (χ0) is 38.6. The maximum atomic E-state index is 13.0. The zero-order valence-corrected chi connectivity index (χ0v) is 32.5. The predicted octanol–water partition coefficient (Wildman–Crippen LogP) is 5.18. The highest BCUT2D eigenvalue weighted by Gasteiger charge is 2.48. The van der Waals surface area contributed by atoms with E-state index in [4.69, 9.17) is 14.0 Å². The molecule has 1 heterocycles. The van der Waals surface area contributed by atoms with Gasteiger partial charge in [-0.3, -0.25) is 9.35 Å². The van der Waals surface area contributed by atoms with E-state index in [1.807, 2.05) is 0 Å². The van der Waals surface area contributed by atoms with Crippen molar-refractivity contribution in [1.82, 2.24) is 5.32 Å². The quantitative estimate of drug-likeness (QED) is 0.0268. The molecule has 8 atom stereocenters. The molecule has 0 aliphatic carbocycles. The predicted molar refractivity (Wildman–Crippen MR) is 201 cm³/mol. The van der Waals surface area contributed by atoms with Crippen LogP contribution in [0.4, 0.5) is 0 Å². The van der Waals surface area contributed by atoms with Crippen LogP contribution in [-0.4, -0.2) is 107 Å². The molecule has 0 spiro atoms. The normalized spacial score (nSPS) is 23.0. The van der Waals surface area contributed by atoms with Gasteiger partial charge in [0.25, 0.3) is 0 Å². The molecular weight excluding hydrogens is 694 g/mol. The van der Waals surface area contributed by atoms with Crippen LogP contribution in [0.25, 0.3) is 0 Å². The summed E-state index contributed by atoms with van der Waals surface area (Å²) in [6.45, 7) is 3.13. The van der Waals surface area contributed by atoms with Crippen molar-refractivity contribution in [3.8, 4) is 0 Å². The van der Waals surface area contributed by atoms with E-state index < -0.39 is 78.5 Å². The Morgan fingerprint density at radius 3 is 1.85 bits per heavy atom. The monoisotopic (exact) mass is 765 g/mol. The molecule has 0 saturated carbocycles. The Morgan fingerprint density at radius 1 is 0.769 bits per heavy atom. The number of allylic oxidation sites excluding steroid dienone is 3. The van der Waals surface area contributed by atoms with E-state index in [-0.39, 0.29) is 6.42 Å². The van der Waals surface area contributed by atoms with Crippen LogP contribution in [-0.2, 0) is 28.9 Å². The van der Waals surface area contributed by atoms with Gasteiger partial charge in [-0.25, -0.2) is 4.18 Å². The first-order valence-electron chi connectivity index (χ1n) is 19.8. The van der Waals surface area contributed by atoms with Crippen molar-refractivity contribution >= 4 is 16.3 Å². The number of carbonyl (C=O) groups is 1. The Bertz CT molecular complexity index is 1060. The van der Waals surface area contributed by atoms with Gasteiger partial charge < -0.3 is 40.3 Å². The summed E-state index contributed by atoms with van der Waals surface area (Å²) in [5.74, 6) is -0.715.